The molecule has 6 aromatic carbocycles. The molecule has 0 N–H and O–H groups in total. The van der Waals surface area contributed by atoms with E-state index >= 15 is 0 Å². The molecule has 0 fully saturated rings. The molecule has 0 saturated carbocycles. The van der Waals surface area contributed by atoms with E-state index in [-0.39, 0.29) is 0 Å². The van der Waals surface area contributed by atoms with Gasteiger partial charge in [-0.25, -0.2) is 4.98 Å². The number of pyridine rings is 1. The van der Waals surface area contributed by atoms with E-state index in [1.165, 1.54) is 60.1 Å². The van der Waals surface area contributed by atoms with E-state index in [1.54, 1.807) is 0 Å². The topological polar surface area (TPSA) is 22.8 Å². The van der Waals surface area contributed by atoms with Crippen molar-refractivity contribution in [1.82, 2.24) is 14.1 Å². The van der Waals surface area contributed by atoms with Gasteiger partial charge < -0.3 is 4.57 Å². The van der Waals surface area contributed by atoms with Crippen LogP contribution in [0.1, 0.15) is 0 Å². The van der Waals surface area contributed by atoms with E-state index in [9.17, 15) is 0 Å². The average Bonchev–Trinajstić information content (AvgIpc) is 3.77. The lowest BCUT2D eigenvalue weighted by atomic mass is 10.0. The summed E-state index contributed by atoms with van der Waals surface area (Å²) in [5.74, 6) is 0.928. The van der Waals surface area contributed by atoms with Crippen LogP contribution in [0.5, 0.6) is 0 Å². The van der Waals surface area contributed by atoms with Gasteiger partial charge in [0.2, 0.25) is 0 Å². The lowest BCUT2D eigenvalue weighted by Crippen LogP contribution is -1.98. The monoisotopic (exact) mass is 611 g/mol. The number of hydrogen-bond acceptors (Lipinski definition) is 1. The SMILES string of the molecule is C=C/C=C(\C=C)n1c2ccccc2c2cc(-c3ccc4c(c3)c3ccccc3n4-c3ccc4c(n3)-c3cccc5cccc-4c35)ccc21. The third kappa shape index (κ3) is 3.61. The second-order valence-corrected chi connectivity index (χ2v) is 12.5. The van der Waals surface area contributed by atoms with Gasteiger partial charge in [-0.3, -0.25) is 4.57 Å². The zero-order chi connectivity index (χ0) is 31.9. The van der Waals surface area contributed by atoms with Crippen LogP contribution in [0.4, 0.5) is 0 Å². The smallest absolute Gasteiger partial charge is 0.138 e. The number of nitrogens with zero attached hydrogens (tertiary/aromatic N) is 3. The molecule has 3 heteroatoms. The lowest BCUT2D eigenvalue weighted by Gasteiger charge is -2.10. The fourth-order valence-corrected chi connectivity index (χ4v) is 7.94. The Morgan fingerprint density at radius 3 is 1.92 bits per heavy atom. The average molecular weight is 612 g/mol. The summed E-state index contributed by atoms with van der Waals surface area (Å²) >= 11 is 0. The fraction of sp³-hybridized carbons (Fsp3) is 0. The molecule has 0 unspecified atom stereocenters. The summed E-state index contributed by atoms with van der Waals surface area (Å²) in [7, 11) is 0. The number of hydrogen-bond donors (Lipinski definition) is 0. The maximum atomic E-state index is 5.36. The van der Waals surface area contributed by atoms with Gasteiger partial charge in [0, 0.05) is 38.4 Å². The molecule has 0 bridgehead atoms. The molecule has 9 aromatic rings. The number of para-hydroxylation sites is 2. The summed E-state index contributed by atoms with van der Waals surface area (Å²) in [5.41, 5.74) is 12.7. The van der Waals surface area contributed by atoms with Crippen molar-refractivity contribution in [3.05, 3.63) is 165 Å². The Balaban J connectivity index is 1.16. The van der Waals surface area contributed by atoms with E-state index < -0.39 is 0 Å². The van der Waals surface area contributed by atoms with E-state index in [2.05, 4.69) is 156 Å². The molecule has 10 rings (SSSR count). The van der Waals surface area contributed by atoms with Crippen molar-refractivity contribution in [1.29, 1.82) is 0 Å². The molecule has 0 aliphatic heterocycles. The summed E-state index contributed by atoms with van der Waals surface area (Å²) in [6.45, 7) is 8.01. The Hall–Kier alpha value is -6.45. The van der Waals surface area contributed by atoms with E-state index in [1.807, 2.05) is 18.2 Å². The highest BCUT2D eigenvalue weighted by atomic mass is 15.1. The molecule has 224 valence electrons. The third-order valence-electron chi connectivity index (χ3n) is 9.99. The predicted octanol–water partition coefficient (Wildman–Crippen LogP) is 12.0. The van der Waals surface area contributed by atoms with Gasteiger partial charge in [-0.2, -0.15) is 0 Å². The van der Waals surface area contributed by atoms with Crippen LogP contribution in [0.25, 0.3) is 99.4 Å². The van der Waals surface area contributed by atoms with Crippen molar-refractivity contribution in [3.8, 4) is 39.3 Å². The van der Waals surface area contributed by atoms with Crippen LogP contribution in [0.3, 0.4) is 0 Å². The number of fused-ring (bicyclic) bond motifs is 9. The largest absolute Gasteiger partial charge is 0.309 e. The Morgan fingerprint density at radius 2 is 1.17 bits per heavy atom. The van der Waals surface area contributed by atoms with E-state index in [4.69, 9.17) is 4.98 Å². The van der Waals surface area contributed by atoms with E-state index in [0.717, 1.165) is 39.3 Å². The predicted molar refractivity (Wildman–Crippen MR) is 204 cm³/mol. The van der Waals surface area contributed by atoms with Crippen molar-refractivity contribution in [2.45, 2.75) is 0 Å². The fourth-order valence-electron chi connectivity index (χ4n) is 7.94. The summed E-state index contributed by atoms with van der Waals surface area (Å²) in [6, 6.07) is 48.3. The maximum Gasteiger partial charge on any atom is 0.138 e. The first-order chi connectivity index (χ1) is 23.7. The van der Waals surface area contributed by atoms with E-state index in [0.29, 0.717) is 0 Å². The van der Waals surface area contributed by atoms with Crippen molar-refractivity contribution in [2.24, 2.45) is 0 Å². The Labute approximate surface area is 277 Å². The lowest BCUT2D eigenvalue weighted by molar-refractivity contribution is 1.09. The first-order valence-corrected chi connectivity index (χ1v) is 16.3. The molecule has 48 heavy (non-hydrogen) atoms. The van der Waals surface area contributed by atoms with Gasteiger partial charge in [0.15, 0.2) is 0 Å². The molecule has 0 amide bonds. The third-order valence-corrected chi connectivity index (χ3v) is 9.99. The molecule has 3 nitrogen and oxygen atoms in total. The molecule has 3 aromatic heterocycles. The summed E-state index contributed by atoms with van der Waals surface area (Å²) < 4.78 is 4.58. The molecular formula is C45H29N3. The van der Waals surface area contributed by atoms with Gasteiger partial charge in [-0.05, 0) is 88.1 Å². The van der Waals surface area contributed by atoms with Crippen LogP contribution in [0.2, 0.25) is 0 Å². The second-order valence-electron chi connectivity index (χ2n) is 12.5. The zero-order valence-electron chi connectivity index (χ0n) is 26.2. The van der Waals surface area contributed by atoms with Gasteiger partial charge in [0.05, 0.1) is 27.8 Å². The maximum absolute atomic E-state index is 5.36. The summed E-state index contributed by atoms with van der Waals surface area (Å²) in [6.07, 6.45) is 5.71. The highest BCUT2D eigenvalue weighted by Gasteiger charge is 2.24. The molecule has 0 atom stereocenters. The van der Waals surface area contributed by atoms with Crippen molar-refractivity contribution in [2.75, 3.05) is 0 Å². The molecule has 1 aliphatic carbocycles. The number of aromatic nitrogens is 3. The van der Waals surface area contributed by atoms with Gasteiger partial charge in [-0.15, -0.1) is 0 Å². The molecule has 3 heterocycles. The minimum atomic E-state index is 0.928. The van der Waals surface area contributed by atoms with Crippen LogP contribution in [-0.4, -0.2) is 14.1 Å². The highest BCUT2D eigenvalue weighted by Crippen LogP contribution is 2.47. The van der Waals surface area contributed by atoms with Crippen molar-refractivity contribution < 1.29 is 0 Å². The minimum absolute atomic E-state index is 0.928. The van der Waals surface area contributed by atoms with Crippen LogP contribution in [0.15, 0.2) is 165 Å². The molecule has 0 radical (unpaired) electrons. The summed E-state index contributed by atoms with van der Waals surface area (Å²) in [4.78, 5) is 5.36. The summed E-state index contributed by atoms with van der Waals surface area (Å²) in [5, 5.41) is 7.39. The van der Waals surface area contributed by atoms with Crippen molar-refractivity contribution >= 4 is 60.1 Å². The van der Waals surface area contributed by atoms with Gasteiger partial charge in [-0.1, -0.05) is 104 Å². The zero-order valence-corrected chi connectivity index (χ0v) is 26.2. The van der Waals surface area contributed by atoms with Gasteiger partial charge in [0.1, 0.15) is 5.82 Å². The normalized spacial score (nSPS) is 12.5. The second kappa shape index (κ2) is 10.0. The van der Waals surface area contributed by atoms with Gasteiger partial charge in [0.25, 0.3) is 0 Å². The first-order valence-electron chi connectivity index (χ1n) is 16.3. The van der Waals surface area contributed by atoms with Crippen LogP contribution in [0, 0.1) is 0 Å². The van der Waals surface area contributed by atoms with Crippen LogP contribution >= 0.6 is 0 Å². The molecule has 1 aliphatic rings. The quantitative estimate of drug-likeness (QED) is 0.178. The highest BCUT2D eigenvalue weighted by molar-refractivity contribution is 6.15. The number of benzene rings is 6. The first kappa shape index (κ1) is 26.7. The Bertz CT molecular complexity index is 2870. The van der Waals surface area contributed by atoms with Crippen LogP contribution in [-0.2, 0) is 0 Å². The Morgan fingerprint density at radius 1 is 0.542 bits per heavy atom. The standard InChI is InChI=1S/C45H29N3/c1-3-11-31(4-2)47-39-18-7-5-14-32(39)37-26-29(20-23-41(37)47)30-21-24-42-38(27-30)33-15-6-8-19-40(33)48(42)43-25-22-35-34-16-9-12-28-13-10-17-36(44(28)34)45(35)46-43/h3-27H,1-2H2/b31-11+. The van der Waals surface area contributed by atoms with Crippen LogP contribution < -0.4 is 0 Å². The minimum Gasteiger partial charge on any atom is -0.309 e. The number of allylic oxidation sites excluding steroid dienone is 4. The molecular weight excluding hydrogens is 583 g/mol. The Kier molecular flexibility index (Phi) is 5.58. The van der Waals surface area contributed by atoms with Crippen molar-refractivity contribution in [3.63, 3.8) is 0 Å². The molecule has 0 spiro atoms. The number of rotatable bonds is 5. The van der Waals surface area contributed by atoms with Gasteiger partial charge >= 0.3 is 0 Å². The molecule has 0 saturated heterocycles.